The highest BCUT2D eigenvalue weighted by Crippen LogP contribution is 2.51. The van der Waals surface area contributed by atoms with Gasteiger partial charge in [-0.25, -0.2) is 14.1 Å². The fraction of sp³-hybridized carbons (Fsp3) is 0.447. The summed E-state index contributed by atoms with van der Waals surface area (Å²) in [5, 5.41) is 18.0. The number of pyridine rings is 1. The van der Waals surface area contributed by atoms with E-state index in [4.69, 9.17) is 28.2 Å². The summed E-state index contributed by atoms with van der Waals surface area (Å²) in [4.78, 5) is 33.2. The molecule has 0 radical (unpaired) electrons. The summed E-state index contributed by atoms with van der Waals surface area (Å²) < 4.78 is 21.0. The number of fused-ring (bicyclic) bond motifs is 4. The zero-order valence-corrected chi connectivity index (χ0v) is 29.6. The summed E-state index contributed by atoms with van der Waals surface area (Å²) >= 11 is 12.9. The molecule has 2 bridgehead atoms. The van der Waals surface area contributed by atoms with E-state index in [0.717, 1.165) is 65.6 Å². The van der Waals surface area contributed by atoms with Crippen LogP contribution in [0, 0.1) is 30.5 Å². The first kappa shape index (κ1) is 31.7. The number of hydrogen-bond donors (Lipinski definition) is 2. The van der Waals surface area contributed by atoms with Gasteiger partial charge in [-0.2, -0.15) is 0 Å². The number of nitrogens with zero attached hydrogens (tertiary/aromatic N) is 6. The smallest absolute Gasteiger partial charge is 0.226 e. The minimum absolute atomic E-state index is 0.0490. The Labute approximate surface area is 303 Å². The van der Waals surface area contributed by atoms with Gasteiger partial charge in [-0.15, -0.1) is 5.10 Å². The Bertz CT molecular complexity index is 2270. The number of hydrogen-bond acceptors (Lipinski definition) is 6. The van der Waals surface area contributed by atoms with Crippen LogP contribution in [0.15, 0.2) is 42.6 Å². The first-order chi connectivity index (χ1) is 24.7. The van der Waals surface area contributed by atoms with E-state index in [2.05, 4.69) is 36.5 Å². The summed E-state index contributed by atoms with van der Waals surface area (Å²) in [6.07, 6.45) is 6.90. The standard InChI is InChI=1S/C38H37Cl2FN8O2/c1-18-27-14-31(30-13-23(17-47(30)38(51)19-5-6-19)48-16-22(45-46-48)11-20-9-10-42-37(20)50)49(35-21-12-29(35)43-15-21)36(27)26-8-7-25(33(41)34(26)44-18)24-3-2-4-28(39)32(24)40/h2-4,7-8,14,16,19-21,23,29-30,35,43H,5-6,9-13,15,17H2,1H3,(H,42,50). The zero-order valence-electron chi connectivity index (χ0n) is 28.1. The molecule has 6 fully saturated rings. The topological polar surface area (TPSA) is 110 Å². The molecule has 3 aromatic heterocycles. The van der Waals surface area contributed by atoms with Gasteiger partial charge in [-0.05, 0) is 63.1 Å². The highest BCUT2D eigenvalue weighted by atomic mass is 35.5. The highest BCUT2D eigenvalue weighted by molar-refractivity contribution is 6.43. The lowest BCUT2D eigenvalue weighted by atomic mass is 9.79. The van der Waals surface area contributed by atoms with Gasteiger partial charge in [0.15, 0.2) is 5.82 Å². The number of aromatic nitrogens is 5. The van der Waals surface area contributed by atoms with Crippen LogP contribution in [-0.2, 0) is 16.0 Å². The molecule has 2 N–H and O–H groups in total. The van der Waals surface area contributed by atoms with Crippen molar-refractivity contribution in [2.24, 2.45) is 17.8 Å². The average molecular weight is 728 g/mol. The monoisotopic (exact) mass is 726 g/mol. The molecule has 6 aliphatic rings. The minimum atomic E-state index is -0.436. The van der Waals surface area contributed by atoms with Crippen molar-refractivity contribution < 1.29 is 14.0 Å². The summed E-state index contributed by atoms with van der Waals surface area (Å²) in [6.45, 7) is 4.09. The molecule has 2 saturated carbocycles. The first-order valence-corrected chi connectivity index (χ1v) is 18.8. The van der Waals surface area contributed by atoms with Crippen molar-refractivity contribution in [2.45, 2.75) is 69.6 Å². The van der Waals surface area contributed by atoms with Gasteiger partial charge in [-0.1, -0.05) is 46.6 Å². The van der Waals surface area contributed by atoms with Gasteiger partial charge in [-0.3, -0.25) is 9.59 Å². The Kier molecular flexibility index (Phi) is 7.28. The van der Waals surface area contributed by atoms with E-state index in [1.807, 2.05) is 23.9 Å². The van der Waals surface area contributed by atoms with Crippen LogP contribution in [0.25, 0.3) is 32.9 Å². The minimum Gasteiger partial charge on any atom is -0.356 e. The lowest BCUT2D eigenvalue weighted by Gasteiger charge is -2.39. The van der Waals surface area contributed by atoms with E-state index in [0.29, 0.717) is 64.6 Å². The van der Waals surface area contributed by atoms with Gasteiger partial charge < -0.3 is 20.1 Å². The molecule has 0 spiro atoms. The summed E-state index contributed by atoms with van der Waals surface area (Å²) in [5.41, 5.74) is 4.71. The molecule has 2 aliphatic carbocycles. The van der Waals surface area contributed by atoms with Gasteiger partial charge in [0, 0.05) is 83.4 Å². The van der Waals surface area contributed by atoms with E-state index >= 15 is 4.39 Å². The highest BCUT2D eigenvalue weighted by Gasteiger charge is 2.51. The predicted octanol–water partition coefficient (Wildman–Crippen LogP) is 6.34. The molecule has 6 unspecified atom stereocenters. The Morgan fingerprint density at radius 1 is 1.08 bits per heavy atom. The van der Waals surface area contributed by atoms with Crippen molar-refractivity contribution in [3.8, 4) is 11.1 Å². The van der Waals surface area contributed by atoms with Gasteiger partial charge in [0.1, 0.15) is 5.52 Å². The molecular formula is C38H37Cl2FN8O2. The molecular weight excluding hydrogens is 690 g/mol. The summed E-state index contributed by atoms with van der Waals surface area (Å²) in [5.74, 6) is 0.225. The van der Waals surface area contributed by atoms with Crippen LogP contribution in [0.5, 0.6) is 0 Å². The van der Waals surface area contributed by atoms with Gasteiger partial charge in [0.2, 0.25) is 11.8 Å². The fourth-order valence-corrected chi connectivity index (χ4v) is 9.70. The number of rotatable bonds is 7. The van der Waals surface area contributed by atoms with Crippen molar-refractivity contribution >= 4 is 56.8 Å². The molecule has 13 heteroatoms. The molecule has 6 atom stereocenters. The second-order valence-electron chi connectivity index (χ2n) is 15.2. The third-order valence-corrected chi connectivity index (χ3v) is 12.9. The Morgan fingerprint density at radius 2 is 1.94 bits per heavy atom. The molecule has 10 nitrogen and oxygen atoms in total. The number of benzene rings is 2. The molecule has 4 saturated heterocycles. The SMILES string of the molecule is Cc1nc2c(F)c(-c3cccc(Cl)c3Cl)ccc2c2c1cc(C1CC(n3cc(CC4CCNC4=O)nn3)CN1C(=O)C1CC1)n2C1C2CNC1C2. The number of carbonyl (C=O) groups is 2. The Balaban J connectivity index is 1.10. The van der Waals surface area contributed by atoms with E-state index in [9.17, 15) is 9.59 Å². The summed E-state index contributed by atoms with van der Waals surface area (Å²) in [6, 6.07) is 11.4. The number of likely N-dealkylation sites (tertiary alicyclic amines) is 1. The summed E-state index contributed by atoms with van der Waals surface area (Å²) in [7, 11) is 0. The molecule has 51 heavy (non-hydrogen) atoms. The number of carbonyl (C=O) groups excluding carboxylic acids is 2. The van der Waals surface area contributed by atoms with Crippen LogP contribution in [0.3, 0.4) is 0 Å². The molecule has 262 valence electrons. The molecule has 2 aromatic carbocycles. The van der Waals surface area contributed by atoms with Crippen molar-refractivity contribution in [1.29, 1.82) is 0 Å². The molecule has 2 amide bonds. The number of nitrogens with one attached hydrogen (secondary N) is 2. The maximum absolute atomic E-state index is 16.7. The normalized spacial score (nSPS) is 27.1. The largest absolute Gasteiger partial charge is 0.356 e. The molecule has 11 rings (SSSR count). The lowest BCUT2D eigenvalue weighted by molar-refractivity contribution is -0.133. The number of aryl methyl sites for hydroxylation is 1. The number of halogens is 3. The van der Waals surface area contributed by atoms with Crippen LogP contribution in [0.4, 0.5) is 4.39 Å². The van der Waals surface area contributed by atoms with Crippen molar-refractivity contribution in [1.82, 2.24) is 40.1 Å². The Morgan fingerprint density at radius 3 is 2.69 bits per heavy atom. The zero-order chi connectivity index (χ0) is 34.7. The predicted molar refractivity (Wildman–Crippen MR) is 192 cm³/mol. The second-order valence-corrected chi connectivity index (χ2v) is 16.0. The Hall–Kier alpha value is -4.06. The van der Waals surface area contributed by atoms with Gasteiger partial charge >= 0.3 is 0 Å². The quantitative estimate of drug-likeness (QED) is 0.203. The van der Waals surface area contributed by atoms with Gasteiger partial charge in [0.25, 0.3) is 0 Å². The number of amides is 2. The third kappa shape index (κ3) is 4.94. The van der Waals surface area contributed by atoms with Crippen LogP contribution in [0.1, 0.15) is 67.3 Å². The van der Waals surface area contributed by atoms with Crippen molar-refractivity contribution in [3.63, 3.8) is 0 Å². The first-order valence-electron chi connectivity index (χ1n) is 18.1. The van der Waals surface area contributed by atoms with E-state index in [1.165, 1.54) is 0 Å². The lowest BCUT2D eigenvalue weighted by Crippen LogP contribution is -2.41. The van der Waals surface area contributed by atoms with E-state index in [1.54, 1.807) is 24.3 Å². The van der Waals surface area contributed by atoms with Crippen LogP contribution < -0.4 is 10.6 Å². The second kappa shape index (κ2) is 11.7. The van der Waals surface area contributed by atoms with Crippen LogP contribution in [-0.4, -0.2) is 66.9 Å². The van der Waals surface area contributed by atoms with Crippen molar-refractivity contribution in [3.05, 3.63) is 75.5 Å². The average Bonchev–Trinajstić information content (AvgIpc) is 3.73. The van der Waals surface area contributed by atoms with Gasteiger partial charge in [0.05, 0.1) is 39.4 Å². The molecule has 4 aliphatic heterocycles. The van der Waals surface area contributed by atoms with Crippen LogP contribution in [0.2, 0.25) is 10.0 Å². The maximum atomic E-state index is 16.7. The molecule has 5 aromatic rings. The van der Waals surface area contributed by atoms with Crippen LogP contribution >= 0.6 is 23.2 Å². The van der Waals surface area contributed by atoms with E-state index in [-0.39, 0.29) is 41.8 Å². The van der Waals surface area contributed by atoms with Crippen molar-refractivity contribution in [2.75, 3.05) is 19.6 Å². The third-order valence-electron chi connectivity index (χ3n) is 12.1. The molecule has 7 heterocycles. The van der Waals surface area contributed by atoms with E-state index < -0.39 is 5.82 Å². The maximum Gasteiger partial charge on any atom is 0.226 e. The fourth-order valence-electron chi connectivity index (χ4n) is 9.30.